The number of hydrogen-bond acceptors (Lipinski definition) is 6. The van der Waals surface area contributed by atoms with Crippen LogP contribution in [0, 0.1) is 6.92 Å². The lowest BCUT2D eigenvalue weighted by Gasteiger charge is -2.11. The van der Waals surface area contributed by atoms with Gasteiger partial charge in [-0.15, -0.1) is 0 Å². The van der Waals surface area contributed by atoms with Gasteiger partial charge < -0.3 is 10.1 Å². The monoisotopic (exact) mass is 353 g/mol. The second-order valence-corrected chi connectivity index (χ2v) is 6.19. The Labute approximate surface area is 150 Å². The number of aryl methyl sites for hydroxylation is 3. The van der Waals surface area contributed by atoms with E-state index in [1.165, 1.54) is 4.68 Å². The lowest BCUT2D eigenvalue weighted by molar-refractivity contribution is 0.0922. The number of pyridine rings is 1. The second kappa shape index (κ2) is 6.25. The molecule has 0 saturated heterocycles. The molecule has 134 valence electrons. The fourth-order valence-electron chi connectivity index (χ4n) is 3.19. The van der Waals surface area contributed by atoms with E-state index in [-0.39, 0.29) is 11.9 Å². The summed E-state index contributed by atoms with van der Waals surface area (Å²) in [6, 6.07) is 5.61. The summed E-state index contributed by atoms with van der Waals surface area (Å²) in [6.07, 6.45) is 2.49. The van der Waals surface area contributed by atoms with Crippen LogP contribution in [0.15, 0.2) is 24.4 Å². The van der Waals surface area contributed by atoms with E-state index in [4.69, 9.17) is 4.74 Å². The average molecular weight is 353 g/mol. The van der Waals surface area contributed by atoms with E-state index in [1.54, 1.807) is 27.3 Å². The Hall–Kier alpha value is -3.23. The van der Waals surface area contributed by atoms with E-state index in [0.29, 0.717) is 17.5 Å². The largest absolute Gasteiger partial charge is 0.481 e. The molecule has 1 aliphatic rings. The molecule has 0 aliphatic carbocycles. The first-order valence-electron chi connectivity index (χ1n) is 8.32. The highest BCUT2D eigenvalue weighted by molar-refractivity contribution is 5.91. The minimum absolute atomic E-state index is 0.107. The predicted molar refractivity (Wildman–Crippen MR) is 92.6 cm³/mol. The van der Waals surface area contributed by atoms with Gasteiger partial charge in [0.25, 0.3) is 5.91 Å². The van der Waals surface area contributed by atoms with Crippen molar-refractivity contribution in [1.29, 1.82) is 0 Å². The molecule has 0 bridgehead atoms. The van der Waals surface area contributed by atoms with Gasteiger partial charge in [-0.05, 0) is 25.5 Å². The fraction of sp³-hybridized carbons (Fsp3) is 0.353. The summed E-state index contributed by atoms with van der Waals surface area (Å²) in [4.78, 5) is 20.8. The first-order valence-corrected chi connectivity index (χ1v) is 8.32. The molecule has 1 N–H and O–H groups in total. The lowest BCUT2D eigenvalue weighted by atomic mass is 10.1. The number of carbonyl (C=O) groups is 1. The molecule has 9 nitrogen and oxygen atoms in total. The summed E-state index contributed by atoms with van der Waals surface area (Å²) in [7, 11) is 3.29. The molecule has 0 unspecified atom stereocenters. The minimum atomic E-state index is -0.236. The van der Waals surface area contributed by atoms with Gasteiger partial charge in [0.1, 0.15) is 5.82 Å². The first kappa shape index (κ1) is 16.2. The van der Waals surface area contributed by atoms with Gasteiger partial charge in [-0.25, -0.2) is 14.6 Å². The molecule has 0 radical (unpaired) electrons. The Morgan fingerprint density at radius 2 is 2.19 bits per heavy atom. The third-order valence-electron chi connectivity index (χ3n) is 4.41. The molecule has 3 aromatic heterocycles. The third-order valence-corrected chi connectivity index (χ3v) is 4.41. The molecule has 0 saturated carbocycles. The summed E-state index contributed by atoms with van der Waals surface area (Å²) in [5, 5.41) is 11.8. The maximum absolute atomic E-state index is 12.5. The summed E-state index contributed by atoms with van der Waals surface area (Å²) in [6.45, 7) is 2.51. The van der Waals surface area contributed by atoms with E-state index < -0.39 is 0 Å². The van der Waals surface area contributed by atoms with Crippen molar-refractivity contribution in [3.05, 3.63) is 41.7 Å². The Bertz CT molecular complexity index is 975. The molecular formula is C17H19N7O2. The number of carbonyl (C=O) groups excluding carboxylic acids is 1. The van der Waals surface area contributed by atoms with Crippen LogP contribution >= 0.6 is 0 Å². The van der Waals surface area contributed by atoms with Gasteiger partial charge in [0.05, 0.1) is 24.5 Å². The number of rotatable bonds is 4. The van der Waals surface area contributed by atoms with E-state index in [2.05, 4.69) is 25.5 Å². The zero-order valence-electron chi connectivity index (χ0n) is 14.8. The normalized spacial score (nSPS) is 15.7. The molecular weight excluding hydrogens is 334 g/mol. The Balaban J connectivity index is 1.57. The summed E-state index contributed by atoms with van der Waals surface area (Å²) >= 11 is 0. The van der Waals surface area contributed by atoms with Gasteiger partial charge in [0.2, 0.25) is 11.7 Å². The van der Waals surface area contributed by atoms with Crippen LogP contribution in [0.2, 0.25) is 0 Å². The van der Waals surface area contributed by atoms with Crippen molar-refractivity contribution in [2.45, 2.75) is 25.9 Å². The molecule has 0 spiro atoms. The predicted octanol–water partition coefficient (Wildman–Crippen LogP) is 1.27. The van der Waals surface area contributed by atoms with Gasteiger partial charge >= 0.3 is 0 Å². The highest BCUT2D eigenvalue weighted by Gasteiger charge is 2.28. The highest BCUT2D eigenvalue weighted by Crippen LogP contribution is 2.30. The zero-order chi connectivity index (χ0) is 18.3. The number of amides is 1. The maximum Gasteiger partial charge on any atom is 0.289 e. The molecule has 1 aliphatic heterocycles. The van der Waals surface area contributed by atoms with Crippen molar-refractivity contribution < 1.29 is 9.53 Å². The smallest absolute Gasteiger partial charge is 0.289 e. The average Bonchev–Trinajstić information content (AvgIpc) is 3.30. The van der Waals surface area contributed by atoms with Crippen LogP contribution in [-0.4, -0.2) is 42.5 Å². The second-order valence-electron chi connectivity index (χ2n) is 6.19. The highest BCUT2D eigenvalue weighted by atomic mass is 16.5. The summed E-state index contributed by atoms with van der Waals surface area (Å²) < 4.78 is 8.59. The molecule has 4 rings (SSSR count). The Morgan fingerprint density at radius 1 is 1.35 bits per heavy atom. The van der Waals surface area contributed by atoms with Crippen molar-refractivity contribution in [3.63, 3.8) is 0 Å². The quantitative estimate of drug-likeness (QED) is 0.758. The Kier molecular flexibility index (Phi) is 3.90. The molecule has 4 heterocycles. The van der Waals surface area contributed by atoms with E-state index in [1.807, 2.05) is 22.9 Å². The standard InChI is InChI=1S/C17H19N7O2/c1-10-19-16(23(2)21-10)17(25)20-12-5-7-24-14(12)9-13(22-24)11-4-6-18-15(8-11)26-3/h4,6,8-9,12H,5,7H2,1-3H3,(H,20,25)/t12-/m1/s1. The number of fused-ring (bicyclic) bond motifs is 1. The van der Waals surface area contributed by atoms with Crippen LogP contribution in [0.5, 0.6) is 5.88 Å². The van der Waals surface area contributed by atoms with E-state index in [0.717, 1.165) is 29.9 Å². The zero-order valence-corrected chi connectivity index (χ0v) is 14.8. The number of aromatic nitrogens is 6. The lowest BCUT2D eigenvalue weighted by Crippen LogP contribution is -2.29. The van der Waals surface area contributed by atoms with Gasteiger partial charge in [-0.2, -0.15) is 10.2 Å². The van der Waals surface area contributed by atoms with Crippen molar-refractivity contribution in [3.8, 4) is 17.1 Å². The number of nitrogens with zero attached hydrogens (tertiary/aromatic N) is 6. The van der Waals surface area contributed by atoms with Crippen LogP contribution in [0.25, 0.3) is 11.3 Å². The molecule has 0 aromatic carbocycles. The number of nitrogens with one attached hydrogen (secondary N) is 1. The van der Waals surface area contributed by atoms with Crippen molar-refractivity contribution in [2.75, 3.05) is 7.11 Å². The molecule has 0 fully saturated rings. The molecule has 3 aromatic rings. The summed E-state index contributed by atoms with van der Waals surface area (Å²) in [5.41, 5.74) is 2.73. The van der Waals surface area contributed by atoms with Crippen LogP contribution in [0.3, 0.4) is 0 Å². The van der Waals surface area contributed by atoms with E-state index >= 15 is 0 Å². The molecule has 9 heteroatoms. The molecule has 26 heavy (non-hydrogen) atoms. The van der Waals surface area contributed by atoms with Crippen molar-refractivity contribution in [1.82, 2.24) is 34.8 Å². The first-order chi connectivity index (χ1) is 12.5. The van der Waals surface area contributed by atoms with Crippen LogP contribution in [0.1, 0.15) is 34.6 Å². The van der Waals surface area contributed by atoms with Crippen molar-refractivity contribution in [2.24, 2.45) is 7.05 Å². The van der Waals surface area contributed by atoms with Crippen LogP contribution in [-0.2, 0) is 13.6 Å². The Morgan fingerprint density at radius 3 is 2.92 bits per heavy atom. The summed E-state index contributed by atoms with van der Waals surface area (Å²) in [5.74, 6) is 1.18. The van der Waals surface area contributed by atoms with E-state index in [9.17, 15) is 4.79 Å². The van der Waals surface area contributed by atoms with Crippen molar-refractivity contribution >= 4 is 5.91 Å². The minimum Gasteiger partial charge on any atom is -0.481 e. The molecule has 1 atom stereocenters. The van der Waals surface area contributed by atoms with Gasteiger partial charge in [0, 0.05) is 31.4 Å². The van der Waals surface area contributed by atoms with Crippen LogP contribution in [0.4, 0.5) is 0 Å². The van der Waals surface area contributed by atoms with Gasteiger partial charge in [-0.3, -0.25) is 9.48 Å². The topological polar surface area (TPSA) is 99.7 Å². The SMILES string of the molecule is COc1cc(-c2cc3n(n2)CC[C@H]3NC(=O)c2nc(C)nn2C)ccn1. The number of methoxy groups -OCH3 is 1. The van der Waals surface area contributed by atoms with Crippen LogP contribution < -0.4 is 10.1 Å². The maximum atomic E-state index is 12.5. The molecule has 1 amide bonds. The third kappa shape index (κ3) is 2.81. The van der Waals surface area contributed by atoms with Gasteiger partial charge in [0.15, 0.2) is 0 Å². The number of hydrogen-bond donors (Lipinski definition) is 1. The number of ether oxygens (including phenoxy) is 1. The fourth-order valence-corrected chi connectivity index (χ4v) is 3.19. The van der Waals surface area contributed by atoms with Gasteiger partial charge in [-0.1, -0.05) is 0 Å².